The first-order valence-corrected chi connectivity index (χ1v) is 6.40. The molecule has 0 amide bonds. The average Bonchev–Trinajstić information content (AvgIpc) is 2.30. The van der Waals surface area contributed by atoms with Crippen molar-refractivity contribution in [2.75, 3.05) is 18.5 Å². The molecule has 1 atom stereocenters. The highest BCUT2D eigenvalue weighted by atomic mass is 35.5. The Morgan fingerprint density at radius 3 is 2.88 bits per heavy atom. The summed E-state index contributed by atoms with van der Waals surface area (Å²) in [5.74, 6) is 1.22. The van der Waals surface area contributed by atoms with Gasteiger partial charge < -0.3 is 10.4 Å². The number of hydrogen-bond donors (Lipinski definition) is 2. The fraction of sp³-hybridized carbons (Fsp3) is 0.667. The van der Waals surface area contributed by atoms with Crippen LogP contribution < -0.4 is 5.32 Å². The molecular formula is C12H20ClN3O. The van der Waals surface area contributed by atoms with E-state index in [1.807, 2.05) is 0 Å². The number of nitrogens with one attached hydrogen (secondary N) is 1. The van der Waals surface area contributed by atoms with E-state index in [0.29, 0.717) is 11.1 Å². The number of rotatable bonds is 7. The topological polar surface area (TPSA) is 58.0 Å². The lowest BCUT2D eigenvalue weighted by atomic mass is 10.1. The zero-order valence-corrected chi connectivity index (χ0v) is 11.2. The minimum absolute atomic E-state index is 0.217. The third-order valence-corrected chi connectivity index (χ3v) is 2.96. The summed E-state index contributed by atoms with van der Waals surface area (Å²) in [6.45, 7) is 5.19. The van der Waals surface area contributed by atoms with Gasteiger partial charge in [0, 0.05) is 18.7 Å². The molecule has 0 aliphatic heterocycles. The van der Waals surface area contributed by atoms with E-state index >= 15 is 0 Å². The van der Waals surface area contributed by atoms with Crippen molar-refractivity contribution in [3.05, 3.63) is 17.0 Å². The van der Waals surface area contributed by atoms with E-state index in [4.69, 9.17) is 16.7 Å². The number of hydrogen-bond acceptors (Lipinski definition) is 4. The summed E-state index contributed by atoms with van der Waals surface area (Å²) in [5.41, 5.74) is 0.980. The van der Waals surface area contributed by atoms with Crippen molar-refractivity contribution in [1.29, 1.82) is 0 Å². The van der Waals surface area contributed by atoms with Gasteiger partial charge in [0.1, 0.15) is 17.3 Å². The molecular weight excluding hydrogens is 238 g/mol. The normalized spacial score (nSPS) is 12.5. The van der Waals surface area contributed by atoms with E-state index in [9.17, 15) is 0 Å². The van der Waals surface area contributed by atoms with E-state index in [2.05, 4.69) is 29.1 Å². The van der Waals surface area contributed by atoms with Crippen molar-refractivity contribution in [1.82, 2.24) is 9.97 Å². The van der Waals surface area contributed by atoms with Gasteiger partial charge in [-0.3, -0.25) is 0 Å². The van der Waals surface area contributed by atoms with Gasteiger partial charge in [0.15, 0.2) is 0 Å². The van der Waals surface area contributed by atoms with Gasteiger partial charge >= 0.3 is 0 Å². The quantitative estimate of drug-likeness (QED) is 0.737. The fourth-order valence-electron chi connectivity index (χ4n) is 1.61. The summed E-state index contributed by atoms with van der Waals surface area (Å²) < 4.78 is 0. The summed E-state index contributed by atoms with van der Waals surface area (Å²) in [7, 11) is 0. The van der Waals surface area contributed by atoms with Crippen LogP contribution in [0.15, 0.2) is 6.33 Å². The molecule has 2 N–H and O–H groups in total. The van der Waals surface area contributed by atoms with Crippen molar-refractivity contribution in [2.24, 2.45) is 5.92 Å². The van der Waals surface area contributed by atoms with Gasteiger partial charge in [-0.15, -0.1) is 0 Å². The molecule has 96 valence electrons. The van der Waals surface area contributed by atoms with Gasteiger partial charge in [0.05, 0.1) is 0 Å². The second-order valence-electron chi connectivity index (χ2n) is 4.24. The largest absolute Gasteiger partial charge is 0.396 e. The molecule has 0 aromatic carbocycles. The maximum atomic E-state index is 8.84. The third kappa shape index (κ3) is 4.48. The minimum Gasteiger partial charge on any atom is -0.396 e. The number of anilines is 1. The Bertz CT molecular complexity index is 347. The molecule has 0 saturated heterocycles. The lowest BCUT2D eigenvalue weighted by Gasteiger charge is -2.14. The van der Waals surface area contributed by atoms with Gasteiger partial charge in [-0.1, -0.05) is 31.9 Å². The number of aliphatic hydroxyl groups is 1. The average molecular weight is 258 g/mol. The maximum absolute atomic E-state index is 8.84. The van der Waals surface area contributed by atoms with Crippen molar-refractivity contribution in [3.63, 3.8) is 0 Å². The number of aliphatic hydroxyl groups excluding tert-OH is 1. The molecule has 0 saturated carbocycles. The lowest BCUT2D eigenvalue weighted by molar-refractivity contribution is 0.266. The molecule has 5 heteroatoms. The van der Waals surface area contributed by atoms with Gasteiger partial charge in [0.25, 0.3) is 0 Å². The third-order valence-electron chi connectivity index (χ3n) is 2.63. The van der Waals surface area contributed by atoms with Crippen molar-refractivity contribution in [2.45, 2.75) is 33.1 Å². The molecule has 0 aliphatic carbocycles. The van der Waals surface area contributed by atoms with Gasteiger partial charge in [0.2, 0.25) is 0 Å². The molecule has 1 rings (SSSR count). The molecule has 17 heavy (non-hydrogen) atoms. The Morgan fingerprint density at radius 2 is 2.24 bits per heavy atom. The Kier molecular flexibility index (Phi) is 6.22. The first-order valence-electron chi connectivity index (χ1n) is 6.03. The van der Waals surface area contributed by atoms with Crippen LogP contribution in [0, 0.1) is 5.92 Å². The monoisotopic (exact) mass is 257 g/mol. The highest BCUT2D eigenvalue weighted by Crippen LogP contribution is 2.21. The van der Waals surface area contributed by atoms with Gasteiger partial charge in [-0.05, 0) is 18.8 Å². The lowest BCUT2D eigenvalue weighted by Crippen LogP contribution is -2.15. The van der Waals surface area contributed by atoms with Crippen LogP contribution in [0.25, 0.3) is 0 Å². The highest BCUT2D eigenvalue weighted by molar-refractivity contribution is 6.30. The molecule has 0 bridgehead atoms. The zero-order chi connectivity index (χ0) is 12.7. The Hall–Kier alpha value is -0.870. The maximum Gasteiger partial charge on any atom is 0.137 e. The smallest absolute Gasteiger partial charge is 0.137 e. The summed E-state index contributed by atoms with van der Waals surface area (Å²) in [6, 6.07) is 0. The molecule has 4 nitrogen and oxygen atoms in total. The van der Waals surface area contributed by atoms with Gasteiger partial charge in [-0.25, -0.2) is 9.97 Å². The summed E-state index contributed by atoms with van der Waals surface area (Å²) in [5, 5.41) is 12.6. The van der Waals surface area contributed by atoms with Crippen LogP contribution in [0.2, 0.25) is 5.15 Å². The molecule has 1 aromatic heterocycles. The van der Waals surface area contributed by atoms with Crippen LogP contribution in [0.3, 0.4) is 0 Å². The predicted molar refractivity (Wildman–Crippen MR) is 70.4 cm³/mol. The summed E-state index contributed by atoms with van der Waals surface area (Å²) in [6.07, 6.45) is 4.14. The minimum atomic E-state index is 0.217. The second kappa shape index (κ2) is 7.45. The van der Waals surface area contributed by atoms with E-state index in [0.717, 1.165) is 37.2 Å². The van der Waals surface area contributed by atoms with E-state index in [1.165, 1.54) is 6.33 Å². The molecule has 0 radical (unpaired) electrons. The molecule has 0 aliphatic rings. The van der Waals surface area contributed by atoms with Crippen molar-refractivity contribution in [3.8, 4) is 0 Å². The first-order chi connectivity index (χ1) is 8.19. The van der Waals surface area contributed by atoms with Crippen molar-refractivity contribution < 1.29 is 5.11 Å². The van der Waals surface area contributed by atoms with E-state index in [1.54, 1.807) is 0 Å². The standard InChI is InChI=1S/C12H20ClN3O/c1-3-4-10-11(13)15-8-16-12(10)14-7-9(2)5-6-17/h8-9,17H,3-7H2,1-2H3,(H,14,15,16). The number of nitrogens with zero attached hydrogens (tertiary/aromatic N) is 2. The van der Waals surface area contributed by atoms with E-state index < -0.39 is 0 Å². The fourth-order valence-corrected chi connectivity index (χ4v) is 1.84. The summed E-state index contributed by atoms with van der Waals surface area (Å²) >= 11 is 6.05. The molecule has 0 fully saturated rings. The van der Waals surface area contributed by atoms with E-state index in [-0.39, 0.29) is 6.61 Å². The zero-order valence-electron chi connectivity index (χ0n) is 10.4. The van der Waals surface area contributed by atoms with Crippen LogP contribution in [-0.2, 0) is 6.42 Å². The van der Waals surface area contributed by atoms with Crippen LogP contribution >= 0.6 is 11.6 Å². The van der Waals surface area contributed by atoms with Crippen molar-refractivity contribution >= 4 is 17.4 Å². The molecule has 1 aromatic rings. The van der Waals surface area contributed by atoms with Crippen LogP contribution in [-0.4, -0.2) is 28.2 Å². The van der Waals surface area contributed by atoms with Crippen LogP contribution in [0.5, 0.6) is 0 Å². The molecule has 1 unspecified atom stereocenters. The van der Waals surface area contributed by atoms with Crippen LogP contribution in [0.4, 0.5) is 5.82 Å². The second-order valence-corrected chi connectivity index (χ2v) is 4.60. The van der Waals surface area contributed by atoms with Crippen LogP contribution in [0.1, 0.15) is 32.3 Å². The SMILES string of the molecule is CCCc1c(Cl)ncnc1NCC(C)CCO. The first kappa shape index (κ1) is 14.2. The Balaban J connectivity index is 2.66. The predicted octanol–water partition coefficient (Wildman–Crippen LogP) is 2.51. The summed E-state index contributed by atoms with van der Waals surface area (Å²) in [4.78, 5) is 8.22. The Morgan fingerprint density at radius 1 is 1.47 bits per heavy atom. The van der Waals surface area contributed by atoms with Gasteiger partial charge in [-0.2, -0.15) is 0 Å². The molecule has 0 spiro atoms. The Labute approximate surface area is 107 Å². The number of halogens is 1. The number of aromatic nitrogens is 2. The molecule has 1 heterocycles. The highest BCUT2D eigenvalue weighted by Gasteiger charge is 2.09.